The van der Waals surface area contributed by atoms with Gasteiger partial charge in [0.2, 0.25) is 0 Å². The van der Waals surface area contributed by atoms with Crippen LogP contribution in [-0.2, 0) is 0 Å². The molecule has 0 saturated carbocycles. The van der Waals surface area contributed by atoms with E-state index in [1.165, 1.54) is 18.5 Å². The smallest absolute Gasteiger partial charge is 0.0511 e. The van der Waals surface area contributed by atoms with Gasteiger partial charge in [0.25, 0.3) is 0 Å². The number of hydrogen-bond donors (Lipinski definition) is 0. The molecule has 0 unspecified atom stereocenters. The molecule has 0 aromatic rings. The molecule has 0 nitrogen and oxygen atoms in total. The molecule has 0 spiro atoms. The molecule has 10 heavy (non-hydrogen) atoms. The third kappa shape index (κ3) is 5.00. The highest BCUT2D eigenvalue weighted by atomic mass is 28.3. The maximum atomic E-state index is 3.78. The van der Waals surface area contributed by atoms with E-state index in [-0.39, 0.29) is 0 Å². The van der Waals surface area contributed by atoms with Crippen molar-refractivity contribution in [1.29, 1.82) is 0 Å². The Kier molecular flexibility index (Phi) is 4.99. The monoisotopic (exact) mass is 169 g/mol. The molecule has 0 bridgehead atoms. The van der Waals surface area contributed by atoms with Gasteiger partial charge in [0.05, 0.1) is 8.07 Å². The third-order valence-corrected chi connectivity index (χ3v) is 5.18. The Morgan fingerprint density at radius 1 is 1.50 bits per heavy atom. The van der Waals surface area contributed by atoms with Crippen LogP contribution in [-0.4, -0.2) is 18.3 Å². The number of hydrogen-bond acceptors (Lipinski definition) is 0. The Balaban J connectivity index is 3.51. The third-order valence-electron chi connectivity index (χ3n) is 1.73. The zero-order valence-electron chi connectivity index (χ0n) is 7.11. The summed E-state index contributed by atoms with van der Waals surface area (Å²) in [5.74, 6) is 0. The average molecular weight is 169 g/mol. The molecule has 57 valence electrons. The molecular weight excluding hydrogens is 152 g/mol. The first-order valence-electron chi connectivity index (χ1n) is 3.88. The molecule has 0 aliphatic rings. The van der Waals surface area contributed by atoms with E-state index in [1.807, 2.05) is 0 Å². The first-order valence-corrected chi connectivity index (χ1v) is 8.00. The van der Waals surface area contributed by atoms with E-state index in [0.717, 1.165) is 6.04 Å². The van der Waals surface area contributed by atoms with Crippen molar-refractivity contribution in [2.75, 3.05) is 0 Å². The molecule has 0 amide bonds. The van der Waals surface area contributed by atoms with Gasteiger partial charge in [0.1, 0.15) is 0 Å². The van der Waals surface area contributed by atoms with Crippen molar-refractivity contribution >= 4 is 18.3 Å². The van der Waals surface area contributed by atoms with Gasteiger partial charge in [0.15, 0.2) is 0 Å². The van der Waals surface area contributed by atoms with Crippen LogP contribution in [0, 0.1) is 0 Å². The van der Waals surface area contributed by atoms with Gasteiger partial charge >= 0.3 is 0 Å². The van der Waals surface area contributed by atoms with E-state index in [1.54, 1.807) is 0 Å². The molecule has 0 aliphatic carbocycles. The first kappa shape index (κ1) is 10.2. The van der Waals surface area contributed by atoms with E-state index in [9.17, 15) is 0 Å². The fourth-order valence-corrected chi connectivity index (χ4v) is 3.71. The van der Waals surface area contributed by atoms with Crippen LogP contribution in [0.5, 0.6) is 0 Å². The molecular formula is C8H17Si2. The zero-order chi connectivity index (χ0) is 8.04. The van der Waals surface area contributed by atoms with Crippen LogP contribution in [0.25, 0.3) is 0 Å². The van der Waals surface area contributed by atoms with Crippen LogP contribution >= 0.6 is 0 Å². The molecule has 2 heteroatoms. The van der Waals surface area contributed by atoms with Gasteiger partial charge in [-0.25, -0.2) is 0 Å². The van der Waals surface area contributed by atoms with E-state index >= 15 is 0 Å². The molecule has 0 aromatic heterocycles. The Hall–Kier alpha value is 0.174. The van der Waals surface area contributed by atoms with Crippen LogP contribution in [0.4, 0.5) is 0 Å². The van der Waals surface area contributed by atoms with E-state index in [2.05, 4.69) is 36.0 Å². The highest BCUT2D eigenvalue weighted by Gasteiger charge is 2.16. The summed E-state index contributed by atoms with van der Waals surface area (Å²) in [6.07, 6.45) is 3.39. The predicted molar refractivity (Wildman–Crippen MR) is 52.5 cm³/mol. The molecule has 0 aliphatic heterocycles. The average Bonchev–Trinajstić information content (AvgIpc) is 1.84. The van der Waals surface area contributed by atoms with Gasteiger partial charge in [-0.15, -0.1) is 6.58 Å². The van der Waals surface area contributed by atoms with Crippen molar-refractivity contribution in [2.24, 2.45) is 0 Å². The summed E-state index contributed by atoms with van der Waals surface area (Å²) in [4.78, 5) is 0. The van der Waals surface area contributed by atoms with Crippen molar-refractivity contribution in [3.05, 3.63) is 12.7 Å². The maximum absolute atomic E-state index is 3.78. The summed E-state index contributed by atoms with van der Waals surface area (Å²) in [6.45, 7) is 8.63. The van der Waals surface area contributed by atoms with Gasteiger partial charge < -0.3 is 0 Å². The number of rotatable bonds is 5. The van der Waals surface area contributed by atoms with Crippen LogP contribution < -0.4 is 0 Å². The minimum Gasteiger partial charge on any atom is -0.103 e. The van der Waals surface area contributed by atoms with Crippen LogP contribution in [0.15, 0.2) is 12.7 Å². The lowest BCUT2D eigenvalue weighted by Gasteiger charge is -2.19. The first-order chi connectivity index (χ1) is 4.62. The van der Waals surface area contributed by atoms with Gasteiger partial charge in [-0.2, -0.15) is 0 Å². The van der Waals surface area contributed by atoms with Gasteiger partial charge in [-0.1, -0.05) is 37.7 Å². The minimum atomic E-state index is -0.873. The summed E-state index contributed by atoms with van der Waals surface area (Å²) in [7, 11) is 2.62. The minimum absolute atomic E-state index is 0.873. The fraction of sp³-hybridized carbons (Fsp3) is 0.750. The van der Waals surface area contributed by atoms with Gasteiger partial charge in [-0.05, 0) is 6.04 Å². The molecule has 3 radical (unpaired) electrons. The molecule has 0 N–H and O–H groups in total. The Morgan fingerprint density at radius 2 is 2.10 bits per heavy atom. The second kappa shape index (κ2) is 4.91. The van der Waals surface area contributed by atoms with Crippen molar-refractivity contribution in [3.8, 4) is 0 Å². The largest absolute Gasteiger partial charge is 0.103 e. The second-order valence-corrected chi connectivity index (χ2v) is 9.25. The molecule has 0 fully saturated rings. The van der Waals surface area contributed by atoms with Crippen molar-refractivity contribution in [2.45, 2.75) is 37.6 Å². The summed E-state index contributed by atoms with van der Waals surface area (Å²) < 4.78 is 0. The molecule has 0 atom stereocenters. The summed E-state index contributed by atoms with van der Waals surface area (Å²) in [6, 6.07) is 3.83. The Morgan fingerprint density at radius 3 is 2.50 bits per heavy atom. The maximum Gasteiger partial charge on any atom is 0.0511 e. The van der Waals surface area contributed by atoms with Crippen molar-refractivity contribution < 1.29 is 0 Å². The second-order valence-electron chi connectivity index (χ2n) is 3.51. The summed E-state index contributed by atoms with van der Waals surface area (Å²) in [5.41, 5.74) is 0. The highest BCUT2D eigenvalue weighted by Crippen LogP contribution is 2.18. The van der Waals surface area contributed by atoms with Crippen LogP contribution in [0.1, 0.15) is 6.42 Å². The van der Waals surface area contributed by atoms with E-state index in [0.29, 0.717) is 0 Å². The molecule has 0 saturated heterocycles. The highest BCUT2D eigenvalue weighted by molar-refractivity contribution is 6.77. The lowest BCUT2D eigenvalue weighted by Crippen LogP contribution is -2.23. The van der Waals surface area contributed by atoms with E-state index < -0.39 is 8.07 Å². The number of allylic oxidation sites excluding steroid dienone is 1. The molecule has 0 rings (SSSR count). The topological polar surface area (TPSA) is 0 Å². The van der Waals surface area contributed by atoms with Gasteiger partial charge in [-0.3, -0.25) is 0 Å². The molecule has 0 heterocycles. The lowest BCUT2D eigenvalue weighted by molar-refractivity contribution is 1.04. The Labute approximate surface area is 69.2 Å². The van der Waals surface area contributed by atoms with Crippen molar-refractivity contribution in [3.63, 3.8) is 0 Å². The SMILES string of the molecule is C=CC[Si](C)(C)CCC[Si]. The van der Waals surface area contributed by atoms with Crippen molar-refractivity contribution in [1.82, 2.24) is 0 Å². The lowest BCUT2D eigenvalue weighted by atomic mass is 10.6. The standard InChI is InChI=1S/C8H17Si2/c1-4-7-10(2,3)8-5-6-9/h4H,1,5-8H2,2-3H3. The van der Waals surface area contributed by atoms with Crippen LogP contribution in [0.3, 0.4) is 0 Å². The fourth-order valence-electron chi connectivity index (χ4n) is 1.06. The van der Waals surface area contributed by atoms with E-state index in [4.69, 9.17) is 0 Å². The predicted octanol–water partition coefficient (Wildman–Crippen LogP) is 2.86. The summed E-state index contributed by atoms with van der Waals surface area (Å²) in [5, 5.41) is 0. The van der Waals surface area contributed by atoms with Crippen LogP contribution in [0.2, 0.25) is 31.2 Å². The summed E-state index contributed by atoms with van der Waals surface area (Å²) >= 11 is 0. The van der Waals surface area contributed by atoms with Gasteiger partial charge in [0, 0.05) is 10.2 Å². The zero-order valence-corrected chi connectivity index (χ0v) is 9.11. The Bertz CT molecular complexity index is 97.4. The molecule has 0 aromatic carbocycles. The normalized spacial score (nSPS) is 11.5. The quantitative estimate of drug-likeness (QED) is 0.438.